The van der Waals surface area contributed by atoms with E-state index in [4.69, 9.17) is 10.5 Å². The van der Waals surface area contributed by atoms with Crippen LogP contribution < -0.4 is 10.5 Å². The number of methoxy groups -OCH3 is 1. The van der Waals surface area contributed by atoms with Gasteiger partial charge in [0, 0.05) is 0 Å². The molecule has 1 fully saturated rings. The second kappa shape index (κ2) is 4.73. The molecule has 0 amide bonds. The van der Waals surface area contributed by atoms with Crippen LogP contribution in [0.3, 0.4) is 0 Å². The van der Waals surface area contributed by atoms with Crippen LogP contribution in [0.15, 0.2) is 12.1 Å². The fourth-order valence-electron chi connectivity index (χ4n) is 2.45. The molecule has 2 rings (SSSR count). The first-order valence-corrected chi connectivity index (χ1v) is 5.85. The Morgan fingerprint density at radius 2 is 1.94 bits per heavy atom. The first kappa shape index (κ1) is 11.2. The fourth-order valence-corrected chi connectivity index (χ4v) is 2.45. The first-order valence-electron chi connectivity index (χ1n) is 5.85. The van der Waals surface area contributed by atoms with Gasteiger partial charge in [-0.15, -0.1) is 0 Å². The maximum absolute atomic E-state index is 13.6. The summed E-state index contributed by atoms with van der Waals surface area (Å²) in [5.41, 5.74) is 6.74. The minimum Gasteiger partial charge on any atom is -0.494 e. The second-order valence-electron chi connectivity index (χ2n) is 4.45. The average Bonchev–Trinajstić information content (AvgIpc) is 2.33. The molecule has 0 aromatic heterocycles. The van der Waals surface area contributed by atoms with Gasteiger partial charge in [0.25, 0.3) is 0 Å². The Kier molecular flexibility index (Phi) is 3.32. The maximum atomic E-state index is 13.6. The molecule has 16 heavy (non-hydrogen) atoms. The third-order valence-corrected chi connectivity index (χ3v) is 3.41. The van der Waals surface area contributed by atoms with Crippen molar-refractivity contribution in [2.24, 2.45) is 0 Å². The van der Waals surface area contributed by atoms with Gasteiger partial charge in [-0.25, -0.2) is 4.39 Å². The highest BCUT2D eigenvalue weighted by Crippen LogP contribution is 2.36. The van der Waals surface area contributed by atoms with E-state index in [1.54, 1.807) is 6.07 Å². The van der Waals surface area contributed by atoms with Gasteiger partial charge in [0.1, 0.15) is 17.3 Å². The number of hydrogen-bond donors (Lipinski definition) is 1. The molecule has 0 spiro atoms. The molecule has 3 heteroatoms. The lowest BCUT2D eigenvalue weighted by Gasteiger charge is -2.22. The van der Waals surface area contributed by atoms with Crippen molar-refractivity contribution >= 4 is 5.69 Å². The molecule has 0 aliphatic heterocycles. The minimum absolute atomic E-state index is 0.113. The molecule has 2 nitrogen and oxygen atoms in total. The van der Waals surface area contributed by atoms with Gasteiger partial charge < -0.3 is 10.5 Å². The first-order chi connectivity index (χ1) is 7.72. The monoisotopic (exact) mass is 223 g/mol. The van der Waals surface area contributed by atoms with Gasteiger partial charge in [-0.2, -0.15) is 0 Å². The van der Waals surface area contributed by atoms with Crippen LogP contribution in [0.5, 0.6) is 5.75 Å². The summed E-state index contributed by atoms with van der Waals surface area (Å²) in [5.74, 6) is 0.568. The van der Waals surface area contributed by atoms with Crippen LogP contribution in [-0.2, 0) is 0 Å². The molecule has 0 unspecified atom stereocenters. The Hall–Kier alpha value is -1.25. The topological polar surface area (TPSA) is 35.2 Å². The summed E-state index contributed by atoms with van der Waals surface area (Å²) in [6, 6.07) is 3.45. The number of nitrogens with two attached hydrogens (primary N) is 1. The molecule has 0 radical (unpaired) electrons. The largest absolute Gasteiger partial charge is 0.494 e. The van der Waals surface area contributed by atoms with Gasteiger partial charge in [-0.1, -0.05) is 19.3 Å². The Morgan fingerprint density at radius 1 is 1.25 bits per heavy atom. The summed E-state index contributed by atoms with van der Waals surface area (Å²) in [4.78, 5) is 0. The van der Waals surface area contributed by atoms with Gasteiger partial charge in [0.05, 0.1) is 7.11 Å². The van der Waals surface area contributed by atoms with Crippen molar-refractivity contribution in [1.29, 1.82) is 0 Å². The average molecular weight is 223 g/mol. The summed E-state index contributed by atoms with van der Waals surface area (Å²) in [7, 11) is 1.52. The Balaban J connectivity index is 2.29. The second-order valence-corrected chi connectivity index (χ2v) is 4.45. The summed E-state index contributed by atoms with van der Waals surface area (Å²) >= 11 is 0. The van der Waals surface area contributed by atoms with Crippen molar-refractivity contribution in [3.8, 4) is 5.75 Å². The van der Waals surface area contributed by atoms with Gasteiger partial charge in [-0.3, -0.25) is 0 Å². The summed E-state index contributed by atoms with van der Waals surface area (Å²) in [6.07, 6.45) is 6.06. The van der Waals surface area contributed by atoms with E-state index in [0.29, 0.717) is 11.7 Å². The van der Waals surface area contributed by atoms with Crippen molar-refractivity contribution in [3.05, 3.63) is 23.5 Å². The number of rotatable bonds is 2. The van der Waals surface area contributed by atoms with Crippen LogP contribution in [0.25, 0.3) is 0 Å². The summed E-state index contributed by atoms with van der Waals surface area (Å²) in [5, 5.41) is 0. The Labute approximate surface area is 95.6 Å². The van der Waals surface area contributed by atoms with Crippen LogP contribution in [0.1, 0.15) is 43.6 Å². The zero-order valence-corrected chi connectivity index (χ0v) is 9.63. The third kappa shape index (κ3) is 2.13. The van der Waals surface area contributed by atoms with E-state index < -0.39 is 0 Å². The fraction of sp³-hybridized carbons (Fsp3) is 0.538. The lowest BCUT2D eigenvalue weighted by atomic mass is 9.84. The van der Waals surface area contributed by atoms with Crippen molar-refractivity contribution < 1.29 is 9.13 Å². The van der Waals surface area contributed by atoms with E-state index in [-0.39, 0.29) is 11.5 Å². The van der Waals surface area contributed by atoms with Crippen LogP contribution in [0.4, 0.5) is 10.1 Å². The molecule has 1 aliphatic carbocycles. The summed E-state index contributed by atoms with van der Waals surface area (Å²) < 4.78 is 18.7. The third-order valence-electron chi connectivity index (χ3n) is 3.41. The van der Waals surface area contributed by atoms with Gasteiger partial charge in [-0.05, 0) is 36.5 Å². The van der Waals surface area contributed by atoms with E-state index in [9.17, 15) is 4.39 Å². The molecule has 1 aromatic carbocycles. The van der Waals surface area contributed by atoms with E-state index in [0.717, 1.165) is 18.4 Å². The van der Waals surface area contributed by atoms with E-state index in [2.05, 4.69) is 0 Å². The molecule has 2 N–H and O–H groups in total. The normalized spacial score (nSPS) is 17.4. The Morgan fingerprint density at radius 3 is 2.56 bits per heavy atom. The number of anilines is 1. The predicted molar refractivity (Wildman–Crippen MR) is 63.2 cm³/mol. The standard InChI is InChI=1S/C13H18FNO/c1-16-12-8-10(7-11(14)13(12)15)9-5-3-2-4-6-9/h7-9H,2-6,15H2,1H3. The molecule has 0 heterocycles. The molecule has 1 aliphatic rings. The highest BCUT2D eigenvalue weighted by molar-refractivity contribution is 5.55. The van der Waals surface area contributed by atoms with Crippen LogP contribution in [0, 0.1) is 5.82 Å². The zero-order valence-electron chi connectivity index (χ0n) is 9.63. The van der Waals surface area contributed by atoms with E-state index in [1.807, 2.05) is 6.07 Å². The lowest BCUT2D eigenvalue weighted by molar-refractivity contribution is 0.408. The summed E-state index contributed by atoms with van der Waals surface area (Å²) in [6.45, 7) is 0. The SMILES string of the molecule is COc1cc(C2CCCCC2)cc(F)c1N. The number of hydrogen-bond acceptors (Lipinski definition) is 2. The maximum Gasteiger partial charge on any atom is 0.150 e. The van der Waals surface area contributed by atoms with E-state index in [1.165, 1.54) is 26.4 Å². The van der Waals surface area contributed by atoms with Gasteiger partial charge >= 0.3 is 0 Å². The van der Waals surface area contributed by atoms with Crippen LogP contribution in [0.2, 0.25) is 0 Å². The van der Waals surface area contributed by atoms with Crippen molar-refractivity contribution in [2.75, 3.05) is 12.8 Å². The molecule has 88 valence electrons. The highest BCUT2D eigenvalue weighted by Gasteiger charge is 2.18. The van der Waals surface area contributed by atoms with Crippen molar-refractivity contribution in [3.63, 3.8) is 0 Å². The molecule has 0 atom stereocenters. The molecule has 1 saturated carbocycles. The molecule has 0 saturated heterocycles. The van der Waals surface area contributed by atoms with E-state index >= 15 is 0 Å². The highest BCUT2D eigenvalue weighted by atomic mass is 19.1. The zero-order chi connectivity index (χ0) is 11.5. The molecular formula is C13H18FNO. The number of ether oxygens (including phenoxy) is 1. The van der Waals surface area contributed by atoms with Gasteiger partial charge in [0.2, 0.25) is 0 Å². The molecular weight excluding hydrogens is 205 g/mol. The van der Waals surface area contributed by atoms with Crippen LogP contribution in [-0.4, -0.2) is 7.11 Å². The number of halogens is 1. The molecule has 0 bridgehead atoms. The minimum atomic E-state index is -0.361. The number of benzene rings is 1. The van der Waals surface area contributed by atoms with Crippen LogP contribution >= 0.6 is 0 Å². The van der Waals surface area contributed by atoms with Crippen molar-refractivity contribution in [1.82, 2.24) is 0 Å². The van der Waals surface area contributed by atoms with Crippen molar-refractivity contribution in [2.45, 2.75) is 38.0 Å². The quantitative estimate of drug-likeness (QED) is 0.779. The molecule has 1 aromatic rings. The van der Waals surface area contributed by atoms with Gasteiger partial charge in [0.15, 0.2) is 0 Å². The predicted octanol–water partition coefficient (Wildman–Crippen LogP) is 3.46. The number of nitrogen functional groups attached to an aromatic ring is 1. The smallest absolute Gasteiger partial charge is 0.150 e. The Bertz CT molecular complexity index is 372. The lowest BCUT2D eigenvalue weighted by Crippen LogP contribution is -2.06.